The highest BCUT2D eigenvalue weighted by Crippen LogP contribution is 2.26. The number of nitrogens with one attached hydrogen (secondary N) is 1. The van der Waals surface area contributed by atoms with Crippen LogP contribution in [0.2, 0.25) is 4.34 Å². The van der Waals surface area contributed by atoms with Crippen molar-refractivity contribution in [2.75, 3.05) is 19.6 Å². The first-order valence-corrected chi connectivity index (χ1v) is 8.83. The molecule has 122 valence electrons. The second-order valence-corrected chi connectivity index (χ2v) is 7.37. The largest absolute Gasteiger partial charge is 0.333 e. The Morgan fingerprint density at radius 3 is 3.00 bits per heavy atom. The molecule has 1 atom stereocenters. The molecule has 1 saturated heterocycles. The lowest BCUT2D eigenvalue weighted by atomic mass is 10.0. The Morgan fingerprint density at radius 1 is 1.39 bits per heavy atom. The number of nitrogens with zero attached hydrogens (tertiary/aromatic N) is 1. The summed E-state index contributed by atoms with van der Waals surface area (Å²) in [4.78, 5) is 15.6. The fourth-order valence-electron chi connectivity index (χ4n) is 2.87. The molecule has 1 unspecified atom stereocenters. The molecule has 6 heteroatoms. The molecular weight excluding hydrogens is 335 g/mol. The topological polar surface area (TPSA) is 32.3 Å². The zero-order chi connectivity index (χ0) is 16.2. The lowest BCUT2D eigenvalue weighted by Gasteiger charge is -2.36. The van der Waals surface area contributed by atoms with Crippen LogP contribution in [-0.2, 0) is 11.2 Å². The van der Waals surface area contributed by atoms with Crippen LogP contribution in [0.3, 0.4) is 0 Å². The number of rotatable bonds is 4. The molecule has 0 radical (unpaired) electrons. The summed E-state index contributed by atoms with van der Waals surface area (Å²) in [7, 11) is 0. The van der Waals surface area contributed by atoms with Crippen LogP contribution in [0.1, 0.15) is 22.9 Å². The number of thiophene rings is 1. The molecule has 2 heterocycles. The smallest absolute Gasteiger partial charge is 0.223 e. The first kappa shape index (κ1) is 16.4. The van der Waals surface area contributed by atoms with Crippen LogP contribution >= 0.6 is 22.9 Å². The Morgan fingerprint density at radius 2 is 2.26 bits per heavy atom. The molecule has 1 amide bonds. The van der Waals surface area contributed by atoms with Crippen LogP contribution in [0.5, 0.6) is 0 Å². The normalized spacial score (nSPS) is 18.2. The van der Waals surface area contributed by atoms with E-state index in [1.165, 1.54) is 23.5 Å². The Kier molecular flexibility index (Phi) is 5.30. The van der Waals surface area contributed by atoms with Crippen molar-refractivity contribution in [3.63, 3.8) is 0 Å². The van der Waals surface area contributed by atoms with Gasteiger partial charge in [0, 0.05) is 30.9 Å². The number of carbonyl (C=O) groups excluding carboxylic acids is 1. The maximum absolute atomic E-state index is 13.5. The minimum Gasteiger partial charge on any atom is -0.333 e. The lowest BCUT2D eigenvalue weighted by Crippen LogP contribution is -2.48. The van der Waals surface area contributed by atoms with Crippen molar-refractivity contribution in [2.45, 2.75) is 18.9 Å². The third-order valence-corrected chi connectivity index (χ3v) is 5.30. The monoisotopic (exact) mass is 352 g/mol. The first-order chi connectivity index (χ1) is 11.1. The van der Waals surface area contributed by atoms with E-state index in [0.29, 0.717) is 25.9 Å². The highest BCUT2D eigenvalue weighted by atomic mass is 35.5. The molecule has 1 aliphatic heterocycles. The number of carbonyl (C=O) groups is 1. The molecule has 1 aromatic carbocycles. The number of benzene rings is 1. The SMILES string of the molecule is O=C(CCc1ccc(Cl)s1)N1CCNCC1c1cccc(F)c1. The third-order valence-electron chi connectivity index (χ3n) is 4.01. The molecule has 1 aromatic heterocycles. The van der Waals surface area contributed by atoms with Crippen molar-refractivity contribution in [3.05, 3.63) is 57.0 Å². The summed E-state index contributed by atoms with van der Waals surface area (Å²) in [6.45, 7) is 2.06. The highest BCUT2D eigenvalue weighted by Gasteiger charge is 2.27. The van der Waals surface area contributed by atoms with Gasteiger partial charge >= 0.3 is 0 Å². The summed E-state index contributed by atoms with van der Waals surface area (Å²) in [5, 5.41) is 3.28. The zero-order valence-electron chi connectivity index (χ0n) is 12.6. The molecule has 0 aliphatic carbocycles. The average molecular weight is 353 g/mol. The summed E-state index contributed by atoms with van der Waals surface area (Å²) in [5.41, 5.74) is 0.838. The second kappa shape index (κ2) is 7.43. The minimum atomic E-state index is -0.270. The van der Waals surface area contributed by atoms with Crippen molar-refractivity contribution in [2.24, 2.45) is 0 Å². The third kappa shape index (κ3) is 4.10. The van der Waals surface area contributed by atoms with Crippen LogP contribution in [0, 0.1) is 5.82 Å². The van der Waals surface area contributed by atoms with Gasteiger partial charge in [-0.25, -0.2) is 4.39 Å². The zero-order valence-corrected chi connectivity index (χ0v) is 14.2. The molecule has 23 heavy (non-hydrogen) atoms. The van der Waals surface area contributed by atoms with Crippen molar-refractivity contribution < 1.29 is 9.18 Å². The van der Waals surface area contributed by atoms with Crippen LogP contribution in [-0.4, -0.2) is 30.4 Å². The van der Waals surface area contributed by atoms with E-state index in [1.807, 2.05) is 23.1 Å². The van der Waals surface area contributed by atoms with Gasteiger partial charge in [0.05, 0.1) is 10.4 Å². The molecule has 3 nitrogen and oxygen atoms in total. The Bertz CT molecular complexity index is 691. The van der Waals surface area contributed by atoms with E-state index in [-0.39, 0.29) is 17.8 Å². The number of piperazine rings is 1. The van der Waals surface area contributed by atoms with Gasteiger partial charge in [-0.15, -0.1) is 11.3 Å². The van der Waals surface area contributed by atoms with Gasteiger partial charge < -0.3 is 10.2 Å². The van der Waals surface area contributed by atoms with Crippen LogP contribution in [0.4, 0.5) is 4.39 Å². The van der Waals surface area contributed by atoms with Gasteiger partial charge in [-0.1, -0.05) is 23.7 Å². The van der Waals surface area contributed by atoms with E-state index in [2.05, 4.69) is 5.32 Å². The molecule has 1 N–H and O–H groups in total. The Balaban J connectivity index is 1.69. The summed E-state index contributed by atoms with van der Waals surface area (Å²) in [6.07, 6.45) is 1.14. The predicted octanol–water partition coefficient (Wildman–Crippen LogP) is 3.65. The predicted molar refractivity (Wildman–Crippen MR) is 91.4 cm³/mol. The van der Waals surface area contributed by atoms with Crippen molar-refractivity contribution in [1.29, 1.82) is 0 Å². The van der Waals surface area contributed by atoms with Gasteiger partial charge in [-0.3, -0.25) is 4.79 Å². The molecule has 1 fully saturated rings. The molecule has 3 rings (SSSR count). The maximum atomic E-state index is 13.5. The molecule has 1 aliphatic rings. The van der Waals surface area contributed by atoms with Gasteiger partial charge in [-0.2, -0.15) is 0 Å². The number of amides is 1. The fraction of sp³-hybridized carbons (Fsp3) is 0.353. The van der Waals surface area contributed by atoms with Crippen molar-refractivity contribution in [3.8, 4) is 0 Å². The Labute approximate surface area is 144 Å². The van der Waals surface area contributed by atoms with Crippen LogP contribution in [0.15, 0.2) is 36.4 Å². The van der Waals surface area contributed by atoms with Gasteiger partial charge in [0.2, 0.25) is 5.91 Å². The van der Waals surface area contributed by atoms with E-state index in [1.54, 1.807) is 6.07 Å². The maximum Gasteiger partial charge on any atom is 0.223 e. The summed E-state index contributed by atoms with van der Waals surface area (Å²) >= 11 is 7.43. The number of aryl methyl sites for hydroxylation is 1. The molecule has 0 bridgehead atoms. The molecule has 2 aromatic rings. The van der Waals surface area contributed by atoms with Gasteiger partial charge in [-0.05, 0) is 36.2 Å². The van der Waals surface area contributed by atoms with Crippen LogP contribution in [0.25, 0.3) is 0 Å². The average Bonchev–Trinajstić information content (AvgIpc) is 2.98. The quantitative estimate of drug-likeness (QED) is 0.911. The number of hydrogen-bond acceptors (Lipinski definition) is 3. The van der Waals surface area contributed by atoms with Gasteiger partial charge in [0.1, 0.15) is 5.82 Å². The van der Waals surface area contributed by atoms with Crippen molar-refractivity contribution in [1.82, 2.24) is 10.2 Å². The molecular formula is C17H18ClFN2OS. The van der Waals surface area contributed by atoms with E-state index in [9.17, 15) is 9.18 Å². The van der Waals surface area contributed by atoms with Gasteiger partial charge in [0.25, 0.3) is 0 Å². The fourth-order valence-corrected chi connectivity index (χ4v) is 3.96. The number of halogens is 2. The molecule has 0 spiro atoms. The Hall–Kier alpha value is -1.43. The standard InChI is InChI=1S/C17H18ClFN2OS/c18-16-6-4-14(23-16)5-7-17(22)21-9-8-20-11-15(21)12-2-1-3-13(19)10-12/h1-4,6,10,15,20H,5,7-9,11H2. The molecule has 0 saturated carbocycles. The van der Waals surface area contributed by atoms with E-state index in [4.69, 9.17) is 11.6 Å². The van der Waals surface area contributed by atoms with Crippen molar-refractivity contribution >= 4 is 28.8 Å². The van der Waals surface area contributed by atoms with Crippen LogP contribution < -0.4 is 5.32 Å². The number of hydrogen-bond donors (Lipinski definition) is 1. The summed E-state index contributed by atoms with van der Waals surface area (Å²) in [5.74, 6) is -0.168. The van der Waals surface area contributed by atoms with E-state index in [0.717, 1.165) is 21.3 Å². The minimum absolute atomic E-state index is 0.102. The first-order valence-electron chi connectivity index (χ1n) is 7.63. The summed E-state index contributed by atoms with van der Waals surface area (Å²) < 4.78 is 14.2. The van der Waals surface area contributed by atoms with E-state index >= 15 is 0 Å². The lowest BCUT2D eigenvalue weighted by molar-refractivity contribution is -0.134. The second-order valence-electron chi connectivity index (χ2n) is 5.57. The van der Waals surface area contributed by atoms with E-state index < -0.39 is 0 Å². The van der Waals surface area contributed by atoms with Gasteiger partial charge in [0.15, 0.2) is 0 Å². The highest BCUT2D eigenvalue weighted by molar-refractivity contribution is 7.16. The summed E-state index contributed by atoms with van der Waals surface area (Å²) in [6, 6.07) is 10.2.